The van der Waals surface area contributed by atoms with E-state index in [0.29, 0.717) is 18.6 Å². The molecule has 2 saturated carbocycles. The molecule has 0 unspecified atom stereocenters. The lowest BCUT2D eigenvalue weighted by atomic mass is 9.77. The van der Waals surface area contributed by atoms with Gasteiger partial charge in [-0.2, -0.15) is 0 Å². The summed E-state index contributed by atoms with van der Waals surface area (Å²) in [6.07, 6.45) is 4.43. The van der Waals surface area contributed by atoms with Gasteiger partial charge in [0.15, 0.2) is 0 Å². The average molecular weight is 182 g/mol. The number of carbonyl (C=O) groups is 2. The second-order valence-corrected chi connectivity index (χ2v) is 4.27. The summed E-state index contributed by atoms with van der Waals surface area (Å²) in [5.41, 5.74) is -0.430. The van der Waals surface area contributed by atoms with Crippen molar-refractivity contribution in [2.75, 3.05) is 0 Å². The molecule has 3 heteroatoms. The number of ketones is 1. The molecule has 0 bridgehead atoms. The molecule has 0 spiro atoms. The average Bonchev–Trinajstić information content (AvgIpc) is 2.86. The predicted octanol–water partition coefficient (Wildman–Crippen LogP) is 1.61. The van der Waals surface area contributed by atoms with Gasteiger partial charge >= 0.3 is 5.97 Å². The number of carbonyl (C=O) groups excluding carboxylic acids is 1. The van der Waals surface area contributed by atoms with Gasteiger partial charge in [-0.25, -0.2) is 0 Å². The zero-order chi connectivity index (χ0) is 9.47. The Morgan fingerprint density at radius 3 is 2.23 bits per heavy atom. The lowest BCUT2D eigenvalue weighted by Gasteiger charge is -2.26. The van der Waals surface area contributed by atoms with Crippen molar-refractivity contribution in [3.63, 3.8) is 0 Å². The number of hydrogen-bond donors (Lipinski definition) is 1. The molecule has 0 radical (unpaired) electrons. The molecule has 13 heavy (non-hydrogen) atoms. The van der Waals surface area contributed by atoms with E-state index in [2.05, 4.69) is 0 Å². The zero-order valence-corrected chi connectivity index (χ0v) is 7.58. The quantitative estimate of drug-likeness (QED) is 0.705. The number of carboxylic acid groups (broad SMARTS) is 1. The molecule has 0 aromatic heterocycles. The van der Waals surface area contributed by atoms with Gasteiger partial charge in [0.2, 0.25) is 0 Å². The van der Waals surface area contributed by atoms with Gasteiger partial charge in [0, 0.05) is 12.8 Å². The molecule has 2 aliphatic rings. The van der Waals surface area contributed by atoms with Gasteiger partial charge in [0.25, 0.3) is 0 Å². The highest BCUT2D eigenvalue weighted by Crippen LogP contribution is 2.56. The topological polar surface area (TPSA) is 54.4 Å². The van der Waals surface area contributed by atoms with Gasteiger partial charge in [-0.1, -0.05) is 0 Å². The number of aliphatic carboxylic acids is 1. The van der Waals surface area contributed by atoms with E-state index >= 15 is 0 Å². The lowest BCUT2D eigenvalue weighted by molar-refractivity contribution is -0.147. The standard InChI is InChI=1S/C10H14O3/c11-8-3-1-7(2-4-8)10(5-6-10)9(12)13/h7H,1-6H2,(H,12,13). The fourth-order valence-corrected chi connectivity index (χ4v) is 2.42. The Bertz CT molecular complexity index is 243. The smallest absolute Gasteiger partial charge is 0.309 e. The van der Waals surface area contributed by atoms with Crippen molar-refractivity contribution >= 4 is 11.8 Å². The van der Waals surface area contributed by atoms with Crippen molar-refractivity contribution in [3.05, 3.63) is 0 Å². The summed E-state index contributed by atoms with van der Waals surface area (Å²) in [6.45, 7) is 0. The highest BCUT2D eigenvalue weighted by Gasteiger charge is 2.55. The first-order chi connectivity index (χ1) is 6.15. The third-order valence-electron chi connectivity index (χ3n) is 3.54. The Hall–Kier alpha value is -0.860. The molecule has 0 aliphatic heterocycles. The lowest BCUT2D eigenvalue weighted by Crippen LogP contribution is -2.29. The van der Waals surface area contributed by atoms with Crippen LogP contribution in [0.3, 0.4) is 0 Å². The van der Waals surface area contributed by atoms with E-state index in [1.54, 1.807) is 0 Å². The highest BCUT2D eigenvalue weighted by atomic mass is 16.4. The molecule has 0 aromatic rings. The van der Waals surface area contributed by atoms with Crippen molar-refractivity contribution in [1.82, 2.24) is 0 Å². The Balaban J connectivity index is 2.02. The van der Waals surface area contributed by atoms with Gasteiger partial charge in [-0.05, 0) is 31.6 Å². The van der Waals surface area contributed by atoms with Gasteiger partial charge in [0.05, 0.1) is 5.41 Å². The molecule has 2 aliphatic carbocycles. The zero-order valence-electron chi connectivity index (χ0n) is 7.58. The number of hydrogen-bond acceptors (Lipinski definition) is 2. The van der Waals surface area contributed by atoms with E-state index in [-0.39, 0.29) is 5.92 Å². The first kappa shape index (κ1) is 8.73. The van der Waals surface area contributed by atoms with E-state index in [1.165, 1.54) is 0 Å². The van der Waals surface area contributed by atoms with Crippen LogP contribution in [0.2, 0.25) is 0 Å². The van der Waals surface area contributed by atoms with Crippen LogP contribution in [0.1, 0.15) is 38.5 Å². The van der Waals surface area contributed by atoms with Crippen LogP contribution in [0, 0.1) is 11.3 Å². The molecule has 72 valence electrons. The maximum absolute atomic E-state index is 11.0. The largest absolute Gasteiger partial charge is 0.481 e. The number of rotatable bonds is 2. The van der Waals surface area contributed by atoms with Crippen molar-refractivity contribution in [2.24, 2.45) is 11.3 Å². The Labute approximate surface area is 77.1 Å². The minimum Gasteiger partial charge on any atom is -0.481 e. The van der Waals surface area contributed by atoms with Crippen molar-refractivity contribution in [1.29, 1.82) is 0 Å². The minimum absolute atomic E-state index is 0.266. The summed E-state index contributed by atoms with van der Waals surface area (Å²) in [7, 11) is 0. The summed E-state index contributed by atoms with van der Waals surface area (Å²) in [6, 6.07) is 0. The molecule has 2 rings (SSSR count). The summed E-state index contributed by atoms with van der Waals surface area (Å²) in [4.78, 5) is 22.0. The third kappa shape index (κ3) is 1.36. The SMILES string of the molecule is O=C1CCC(C2(C(=O)O)CC2)CC1. The summed E-state index contributed by atoms with van der Waals surface area (Å²) in [5.74, 6) is -0.0769. The molecule has 0 atom stereocenters. The van der Waals surface area contributed by atoms with Gasteiger partial charge in [-0.15, -0.1) is 0 Å². The van der Waals surface area contributed by atoms with Gasteiger partial charge in [0.1, 0.15) is 5.78 Å². The minimum atomic E-state index is -0.646. The van der Waals surface area contributed by atoms with Crippen LogP contribution >= 0.6 is 0 Å². The van der Waals surface area contributed by atoms with Crippen molar-refractivity contribution in [2.45, 2.75) is 38.5 Å². The fraction of sp³-hybridized carbons (Fsp3) is 0.800. The maximum atomic E-state index is 11.0. The van der Waals surface area contributed by atoms with Crippen molar-refractivity contribution < 1.29 is 14.7 Å². The molecule has 0 aromatic carbocycles. The molecular weight excluding hydrogens is 168 g/mol. The Kier molecular flexibility index (Phi) is 1.90. The van der Waals surface area contributed by atoms with Gasteiger partial charge in [-0.3, -0.25) is 9.59 Å². The normalized spacial score (nSPS) is 27.2. The summed E-state index contributed by atoms with van der Waals surface area (Å²) < 4.78 is 0. The number of Topliss-reactive ketones (excluding diaryl/α,β-unsaturated/α-hetero) is 1. The van der Waals surface area contributed by atoms with E-state index in [1.807, 2.05) is 0 Å². The number of carboxylic acids is 1. The van der Waals surface area contributed by atoms with Crippen LogP contribution in [0.15, 0.2) is 0 Å². The maximum Gasteiger partial charge on any atom is 0.309 e. The monoisotopic (exact) mass is 182 g/mol. The van der Waals surface area contributed by atoms with E-state index in [4.69, 9.17) is 5.11 Å². The first-order valence-electron chi connectivity index (χ1n) is 4.90. The van der Waals surface area contributed by atoms with Crippen molar-refractivity contribution in [3.8, 4) is 0 Å². The first-order valence-corrected chi connectivity index (χ1v) is 4.90. The molecule has 0 heterocycles. The Morgan fingerprint density at radius 2 is 1.85 bits per heavy atom. The van der Waals surface area contributed by atoms with Crippen LogP contribution in [0.5, 0.6) is 0 Å². The summed E-state index contributed by atoms with van der Waals surface area (Å²) >= 11 is 0. The van der Waals surface area contributed by atoms with Crippen LogP contribution in [0.4, 0.5) is 0 Å². The Morgan fingerprint density at radius 1 is 1.31 bits per heavy atom. The van der Waals surface area contributed by atoms with E-state index in [9.17, 15) is 9.59 Å². The van der Waals surface area contributed by atoms with E-state index < -0.39 is 11.4 Å². The molecule has 0 saturated heterocycles. The molecule has 1 N–H and O–H groups in total. The van der Waals surface area contributed by atoms with Crippen LogP contribution in [-0.4, -0.2) is 16.9 Å². The van der Waals surface area contributed by atoms with Crippen LogP contribution in [0.25, 0.3) is 0 Å². The molecule has 3 nitrogen and oxygen atoms in total. The summed E-state index contributed by atoms with van der Waals surface area (Å²) in [5, 5.41) is 9.04. The highest BCUT2D eigenvalue weighted by molar-refractivity contribution is 5.81. The second-order valence-electron chi connectivity index (χ2n) is 4.27. The molecule has 2 fully saturated rings. The fourth-order valence-electron chi connectivity index (χ4n) is 2.42. The van der Waals surface area contributed by atoms with E-state index in [0.717, 1.165) is 25.7 Å². The van der Waals surface area contributed by atoms with Crippen LogP contribution in [-0.2, 0) is 9.59 Å². The molecular formula is C10H14O3. The molecule has 0 amide bonds. The predicted molar refractivity (Wildman–Crippen MR) is 46.3 cm³/mol. The van der Waals surface area contributed by atoms with Gasteiger partial charge < -0.3 is 5.11 Å². The van der Waals surface area contributed by atoms with Crippen LogP contribution < -0.4 is 0 Å². The third-order valence-corrected chi connectivity index (χ3v) is 3.54. The second kappa shape index (κ2) is 2.82.